The second kappa shape index (κ2) is 9.78. The van der Waals surface area contributed by atoms with E-state index in [1.807, 2.05) is 6.92 Å². The predicted molar refractivity (Wildman–Crippen MR) is 124 cm³/mol. The van der Waals surface area contributed by atoms with Crippen molar-refractivity contribution in [3.63, 3.8) is 0 Å². The zero-order valence-corrected chi connectivity index (χ0v) is 19.2. The Labute approximate surface area is 195 Å². The van der Waals surface area contributed by atoms with Gasteiger partial charge in [-0.25, -0.2) is 8.42 Å². The first-order valence-electron chi connectivity index (χ1n) is 8.91. The Morgan fingerprint density at radius 2 is 1.65 bits per heavy atom. The molecule has 0 atom stereocenters. The molecule has 0 aromatic heterocycles. The lowest BCUT2D eigenvalue weighted by molar-refractivity contribution is -0.118. The summed E-state index contributed by atoms with van der Waals surface area (Å²) in [4.78, 5) is 12.1. The Balaban J connectivity index is 1.65. The molecule has 0 aliphatic rings. The van der Waals surface area contributed by atoms with E-state index in [2.05, 4.69) is 10.0 Å². The van der Waals surface area contributed by atoms with Gasteiger partial charge in [-0.3, -0.25) is 9.52 Å². The fourth-order valence-corrected chi connectivity index (χ4v) is 4.25. The molecule has 10 heteroatoms. The Kier molecular flexibility index (Phi) is 7.33. The van der Waals surface area contributed by atoms with Crippen LogP contribution in [0.4, 0.5) is 11.4 Å². The van der Waals surface area contributed by atoms with Crippen molar-refractivity contribution in [2.45, 2.75) is 11.8 Å². The molecule has 0 saturated carbocycles. The molecule has 31 heavy (non-hydrogen) atoms. The summed E-state index contributed by atoms with van der Waals surface area (Å²) in [7, 11) is -3.84. The SMILES string of the molecule is Cc1ccc(NS(=O)(=O)c2ccc(OCC(=O)Nc3cc(Cl)ccc3Cl)c(Cl)c2)cc1. The van der Waals surface area contributed by atoms with Gasteiger partial charge in [-0.2, -0.15) is 0 Å². The third-order valence-corrected chi connectivity index (χ3v) is 6.32. The normalized spacial score (nSPS) is 11.1. The highest BCUT2D eigenvalue weighted by atomic mass is 35.5. The van der Waals surface area contributed by atoms with E-state index in [-0.39, 0.29) is 22.3 Å². The van der Waals surface area contributed by atoms with Crippen molar-refractivity contribution in [1.82, 2.24) is 0 Å². The molecule has 0 fully saturated rings. The van der Waals surface area contributed by atoms with E-state index >= 15 is 0 Å². The van der Waals surface area contributed by atoms with Gasteiger partial charge in [0.1, 0.15) is 5.75 Å². The van der Waals surface area contributed by atoms with Gasteiger partial charge in [-0.05, 0) is 55.5 Å². The maximum absolute atomic E-state index is 12.6. The van der Waals surface area contributed by atoms with Crippen molar-refractivity contribution in [2.75, 3.05) is 16.6 Å². The Morgan fingerprint density at radius 1 is 0.935 bits per heavy atom. The second-order valence-electron chi connectivity index (χ2n) is 6.52. The number of halogens is 3. The van der Waals surface area contributed by atoms with Crippen LogP contribution in [-0.4, -0.2) is 20.9 Å². The summed E-state index contributed by atoms with van der Waals surface area (Å²) < 4.78 is 33.0. The molecular formula is C21H17Cl3N2O4S. The lowest BCUT2D eigenvalue weighted by Gasteiger charge is -2.12. The van der Waals surface area contributed by atoms with Gasteiger partial charge in [-0.1, -0.05) is 52.5 Å². The van der Waals surface area contributed by atoms with Gasteiger partial charge < -0.3 is 10.1 Å². The first-order valence-corrected chi connectivity index (χ1v) is 11.5. The lowest BCUT2D eigenvalue weighted by Crippen LogP contribution is -2.20. The standard InChI is InChI=1S/C21H17Cl3N2O4S/c1-13-2-5-15(6-3-13)26-31(28,29)16-7-9-20(18(24)11-16)30-12-21(27)25-19-10-14(22)4-8-17(19)23/h2-11,26H,12H2,1H3,(H,25,27). The Hall–Kier alpha value is -2.45. The van der Waals surface area contributed by atoms with Crippen LogP contribution in [0.25, 0.3) is 0 Å². The minimum atomic E-state index is -3.84. The molecule has 0 bridgehead atoms. The summed E-state index contributed by atoms with van der Waals surface area (Å²) in [6.45, 7) is 1.54. The van der Waals surface area contributed by atoms with E-state index in [1.165, 1.54) is 24.3 Å². The van der Waals surface area contributed by atoms with Crippen molar-refractivity contribution in [2.24, 2.45) is 0 Å². The molecule has 0 saturated heterocycles. The van der Waals surface area contributed by atoms with E-state index in [1.54, 1.807) is 36.4 Å². The number of carbonyl (C=O) groups excluding carboxylic acids is 1. The van der Waals surface area contributed by atoms with Crippen LogP contribution in [0.3, 0.4) is 0 Å². The number of hydrogen-bond donors (Lipinski definition) is 2. The van der Waals surface area contributed by atoms with Gasteiger partial charge in [-0.15, -0.1) is 0 Å². The van der Waals surface area contributed by atoms with Gasteiger partial charge in [0.05, 0.1) is 20.6 Å². The van der Waals surface area contributed by atoms with Crippen LogP contribution >= 0.6 is 34.8 Å². The molecule has 3 rings (SSSR count). The second-order valence-corrected chi connectivity index (χ2v) is 9.46. The van der Waals surface area contributed by atoms with Crippen LogP contribution in [0.5, 0.6) is 5.75 Å². The van der Waals surface area contributed by atoms with Crippen molar-refractivity contribution < 1.29 is 17.9 Å². The maximum atomic E-state index is 12.6. The number of rotatable bonds is 7. The fraction of sp³-hybridized carbons (Fsp3) is 0.0952. The number of ether oxygens (including phenoxy) is 1. The average molecular weight is 500 g/mol. The summed E-state index contributed by atoms with van der Waals surface area (Å²) in [5.74, 6) is -0.332. The molecule has 162 valence electrons. The fourth-order valence-electron chi connectivity index (χ4n) is 2.52. The molecule has 0 heterocycles. The largest absolute Gasteiger partial charge is 0.482 e. The summed E-state index contributed by atoms with van der Waals surface area (Å²) in [6.07, 6.45) is 0. The molecule has 0 spiro atoms. The van der Waals surface area contributed by atoms with E-state index in [9.17, 15) is 13.2 Å². The van der Waals surface area contributed by atoms with Crippen LogP contribution < -0.4 is 14.8 Å². The molecule has 2 N–H and O–H groups in total. The number of carbonyl (C=O) groups is 1. The monoisotopic (exact) mass is 498 g/mol. The molecule has 0 unspecified atom stereocenters. The molecule has 0 aliphatic heterocycles. The van der Waals surface area contributed by atoms with Gasteiger partial charge in [0, 0.05) is 10.7 Å². The van der Waals surface area contributed by atoms with Crippen molar-refractivity contribution in [1.29, 1.82) is 0 Å². The van der Waals surface area contributed by atoms with Crippen molar-refractivity contribution >= 4 is 62.1 Å². The summed E-state index contributed by atoms with van der Waals surface area (Å²) in [6, 6.07) is 15.5. The quantitative estimate of drug-likeness (QED) is 0.432. The highest BCUT2D eigenvalue weighted by molar-refractivity contribution is 7.92. The Morgan fingerprint density at radius 3 is 2.32 bits per heavy atom. The Bertz CT molecular complexity index is 1220. The van der Waals surface area contributed by atoms with E-state index < -0.39 is 15.9 Å². The first-order chi connectivity index (χ1) is 14.6. The average Bonchev–Trinajstić information content (AvgIpc) is 2.71. The highest BCUT2D eigenvalue weighted by Crippen LogP contribution is 2.29. The molecule has 0 radical (unpaired) electrons. The smallest absolute Gasteiger partial charge is 0.262 e. The third kappa shape index (κ3) is 6.27. The zero-order chi connectivity index (χ0) is 22.6. The lowest BCUT2D eigenvalue weighted by atomic mass is 10.2. The number of amides is 1. The van der Waals surface area contributed by atoms with Crippen LogP contribution in [-0.2, 0) is 14.8 Å². The van der Waals surface area contributed by atoms with E-state index in [0.29, 0.717) is 21.4 Å². The number of benzene rings is 3. The molecule has 6 nitrogen and oxygen atoms in total. The summed E-state index contributed by atoms with van der Waals surface area (Å²) >= 11 is 18.1. The van der Waals surface area contributed by atoms with Gasteiger partial charge in [0.15, 0.2) is 6.61 Å². The first kappa shape index (κ1) is 23.2. The number of hydrogen-bond acceptors (Lipinski definition) is 4. The molecule has 3 aromatic carbocycles. The van der Waals surface area contributed by atoms with Gasteiger partial charge >= 0.3 is 0 Å². The zero-order valence-electron chi connectivity index (χ0n) is 16.2. The van der Waals surface area contributed by atoms with Gasteiger partial charge in [0.2, 0.25) is 0 Å². The minimum absolute atomic E-state index is 0.0411. The van der Waals surface area contributed by atoms with E-state index in [4.69, 9.17) is 39.5 Å². The number of aryl methyl sites for hydroxylation is 1. The summed E-state index contributed by atoms with van der Waals surface area (Å²) in [5, 5.41) is 3.36. The van der Waals surface area contributed by atoms with Crippen LogP contribution in [0.2, 0.25) is 15.1 Å². The maximum Gasteiger partial charge on any atom is 0.262 e. The van der Waals surface area contributed by atoms with Gasteiger partial charge in [0.25, 0.3) is 15.9 Å². The molecule has 1 amide bonds. The molecule has 0 aliphatic carbocycles. The van der Waals surface area contributed by atoms with Crippen LogP contribution in [0.15, 0.2) is 65.6 Å². The molecular weight excluding hydrogens is 483 g/mol. The highest BCUT2D eigenvalue weighted by Gasteiger charge is 2.17. The third-order valence-electron chi connectivity index (χ3n) is 4.08. The minimum Gasteiger partial charge on any atom is -0.482 e. The van der Waals surface area contributed by atoms with Crippen LogP contribution in [0, 0.1) is 6.92 Å². The number of nitrogens with one attached hydrogen (secondary N) is 2. The summed E-state index contributed by atoms with van der Waals surface area (Å²) in [5.41, 5.74) is 1.78. The predicted octanol–water partition coefficient (Wildman–Crippen LogP) is 5.77. The van der Waals surface area contributed by atoms with Crippen molar-refractivity contribution in [3.8, 4) is 5.75 Å². The van der Waals surface area contributed by atoms with Crippen LogP contribution in [0.1, 0.15) is 5.56 Å². The van der Waals surface area contributed by atoms with E-state index in [0.717, 1.165) is 5.56 Å². The number of anilines is 2. The number of sulfonamides is 1. The molecule has 3 aromatic rings. The topological polar surface area (TPSA) is 84.5 Å². The van der Waals surface area contributed by atoms with Crippen molar-refractivity contribution in [3.05, 3.63) is 81.3 Å².